The maximum atomic E-state index is 12.3. The molecule has 0 radical (unpaired) electrons. The highest BCUT2D eigenvalue weighted by Crippen LogP contribution is 2.44. The second kappa shape index (κ2) is 26.7. The molecule has 0 atom stereocenters. The molecule has 0 aliphatic carbocycles. The highest BCUT2D eigenvalue weighted by atomic mass is 35.5. The number of nitriles is 1. The van der Waals surface area contributed by atoms with Crippen molar-refractivity contribution in [1.82, 2.24) is 9.38 Å². The van der Waals surface area contributed by atoms with E-state index in [4.69, 9.17) is 21.1 Å². The van der Waals surface area contributed by atoms with Gasteiger partial charge in [-0.3, -0.25) is 22.6 Å². The van der Waals surface area contributed by atoms with Gasteiger partial charge in [-0.15, -0.1) is 44.0 Å². The molecule has 7 aromatic rings. The second-order valence-corrected chi connectivity index (χ2v) is 26.9. The van der Waals surface area contributed by atoms with Crippen molar-refractivity contribution in [2.24, 2.45) is 40.9 Å². The van der Waals surface area contributed by atoms with Crippen LogP contribution in [0.4, 0.5) is 45.5 Å². The maximum absolute atomic E-state index is 12.3. The summed E-state index contributed by atoms with van der Waals surface area (Å²) in [6.45, 7) is 6.37. The minimum absolute atomic E-state index is 0.00618. The van der Waals surface area contributed by atoms with Crippen molar-refractivity contribution < 1.29 is 66.5 Å². The molecule has 0 unspecified atom stereocenters. The fourth-order valence-electron chi connectivity index (χ4n) is 7.77. The van der Waals surface area contributed by atoms with E-state index < -0.39 is 68.5 Å². The molecule has 33 heteroatoms. The van der Waals surface area contributed by atoms with Crippen molar-refractivity contribution in [1.29, 1.82) is 5.26 Å². The summed E-state index contributed by atoms with van der Waals surface area (Å²) in [5.41, 5.74) is 3.62. The summed E-state index contributed by atoms with van der Waals surface area (Å²) in [5, 5.41) is 58.0. The van der Waals surface area contributed by atoms with Gasteiger partial charge >= 0.3 is 0 Å². The summed E-state index contributed by atoms with van der Waals surface area (Å²) in [6.07, 6.45) is -0.0144. The number of aromatic hydroxyl groups is 1. The van der Waals surface area contributed by atoms with Gasteiger partial charge < -0.3 is 14.6 Å². The molecular formula is C50H50ClN11O15S6. The molecule has 5 N–H and O–H groups in total. The highest BCUT2D eigenvalue weighted by Gasteiger charge is 2.26. The number of nitrogens with zero attached hydrogens (tertiary/aromatic N) is 11. The molecule has 0 fully saturated rings. The number of imidazole rings is 1. The van der Waals surface area contributed by atoms with Gasteiger partial charge in [-0.25, -0.2) is 4.98 Å². The Bertz CT molecular complexity index is 4330. The van der Waals surface area contributed by atoms with Gasteiger partial charge in [0.25, 0.3) is 40.5 Å². The number of aryl methyl sites for hydroxylation is 3. The third-order valence-electron chi connectivity index (χ3n) is 11.8. The maximum Gasteiger partial charge on any atom is 0.298 e. The minimum atomic E-state index is -4.86. The first-order chi connectivity index (χ1) is 39.0. The number of halogens is 1. The Hall–Kier alpha value is -7.03. The van der Waals surface area contributed by atoms with Crippen LogP contribution in [0.5, 0.6) is 17.4 Å². The number of ether oxygens (including phenoxy) is 2. The Kier molecular flexibility index (Phi) is 20.4. The molecule has 2 heterocycles. The van der Waals surface area contributed by atoms with E-state index in [0.717, 1.165) is 10.5 Å². The lowest BCUT2D eigenvalue weighted by Crippen LogP contribution is -2.08. The zero-order chi connectivity index (χ0) is 60.6. The van der Waals surface area contributed by atoms with E-state index in [-0.39, 0.29) is 93.7 Å². The van der Waals surface area contributed by atoms with Crippen LogP contribution in [0.25, 0.3) is 16.7 Å². The molecule has 438 valence electrons. The Morgan fingerprint density at radius 2 is 1.13 bits per heavy atom. The van der Waals surface area contributed by atoms with Crippen LogP contribution < -0.4 is 9.47 Å². The second-order valence-electron chi connectivity index (χ2n) is 18.1. The van der Waals surface area contributed by atoms with Crippen LogP contribution in [-0.2, 0) is 40.5 Å². The number of fused-ring (bicyclic) bond motifs is 3. The molecular weight excluding hydrogens is 1220 g/mol. The van der Waals surface area contributed by atoms with Crippen LogP contribution >= 0.6 is 35.1 Å². The number of rotatable bonds is 25. The van der Waals surface area contributed by atoms with Crippen LogP contribution in [0, 0.1) is 39.0 Å². The van der Waals surface area contributed by atoms with E-state index in [9.17, 15) is 62.3 Å². The molecule has 2 aromatic heterocycles. The van der Waals surface area contributed by atoms with Gasteiger partial charge in [-0.2, -0.15) is 59.4 Å². The quantitative estimate of drug-likeness (QED) is 0.0154. The lowest BCUT2D eigenvalue weighted by Gasteiger charge is -2.12. The molecule has 0 spiro atoms. The van der Waals surface area contributed by atoms with E-state index in [1.807, 2.05) is 6.07 Å². The summed E-state index contributed by atoms with van der Waals surface area (Å²) in [5.74, 6) is -2.10. The highest BCUT2D eigenvalue weighted by molar-refractivity contribution is 7.99. The van der Waals surface area contributed by atoms with E-state index in [0.29, 0.717) is 59.9 Å². The van der Waals surface area contributed by atoms with Gasteiger partial charge in [0.1, 0.15) is 33.7 Å². The first kappa shape index (κ1) is 63.5. The van der Waals surface area contributed by atoms with Crippen molar-refractivity contribution >= 4 is 138 Å². The van der Waals surface area contributed by atoms with E-state index in [1.54, 1.807) is 69.3 Å². The molecule has 7 rings (SSSR count). The molecule has 0 aliphatic rings. The lowest BCUT2D eigenvalue weighted by atomic mass is 10.1. The van der Waals surface area contributed by atoms with Crippen LogP contribution in [0.2, 0.25) is 5.02 Å². The fraction of sp³-hybridized carbons (Fsp3) is 0.280. The predicted octanol–water partition coefficient (Wildman–Crippen LogP) is 13.3. The molecule has 26 nitrogen and oxygen atoms in total. The van der Waals surface area contributed by atoms with Crippen molar-refractivity contribution in [3.05, 3.63) is 106 Å². The third-order valence-corrected chi connectivity index (χ3v) is 17.6. The Balaban J connectivity index is 1.27. The SMILES string of the molecule is COc1cc2nc3c(C#N)c(C)c(N=Nc4cc(C)c(N=Nc5cc(C)c(N=Nc6cc(C)c(N=Nc7cccc(Cl)c7)cc6SCCCS(=O)(=O)O)cc5SCCCS(=O)(=O)O)cc4OCCCS(=O)(=O)O)c(O)n3c2cc1S(=O)(=O)O. The number of thioether (sulfide) groups is 2. The number of hydrogen-bond acceptors (Lipinski definition) is 23. The first-order valence-electron chi connectivity index (χ1n) is 24.3. The molecule has 0 bridgehead atoms. The monoisotopic (exact) mass is 1270 g/mol. The summed E-state index contributed by atoms with van der Waals surface area (Å²) in [7, 11) is -16.6. The van der Waals surface area contributed by atoms with Crippen molar-refractivity contribution in [2.75, 3.05) is 42.5 Å². The summed E-state index contributed by atoms with van der Waals surface area (Å²) in [6, 6.07) is 20.7. The summed E-state index contributed by atoms with van der Waals surface area (Å²) in [4.78, 5) is 4.79. The van der Waals surface area contributed by atoms with E-state index in [1.165, 1.54) is 55.8 Å². The average Bonchev–Trinajstić information content (AvgIpc) is 2.01. The number of pyridine rings is 1. The van der Waals surface area contributed by atoms with Crippen LogP contribution in [0.1, 0.15) is 47.1 Å². The van der Waals surface area contributed by atoms with Crippen molar-refractivity contribution in [3.8, 4) is 23.4 Å². The molecule has 0 amide bonds. The molecule has 0 saturated carbocycles. The minimum Gasteiger partial charge on any atom is -0.495 e. The van der Waals surface area contributed by atoms with E-state index >= 15 is 0 Å². The first-order valence-corrected chi connectivity index (χ1v) is 32.9. The smallest absolute Gasteiger partial charge is 0.298 e. The van der Waals surface area contributed by atoms with E-state index in [2.05, 4.69) is 45.9 Å². The number of azo groups is 4. The third kappa shape index (κ3) is 17.1. The van der Waals surface area contributed by atoms with Crippen LogP contribution in [0.15, 0.2) is 128 Å². The average molecular weight is 1270 g/mol. The number of benzene rings is 5. The van der Waals surface area contributed by atoms with Gasteiger partial charge in [0.2, 0.25) is 5.88 Å². The summed E-state index contributed by atoms with van der Waals surface area (Å²) >= 11 is 8.58. The van der Waals surface area contributed by atoms with Gasteiger partial charge in [0.05, 0.1) is 76.1 Å². The Morgan fingerprint density at radius 1 is 0.627 bits per heavy atom. The van der Waals surface area contributed by atoms with Crippen molar-refractivity contribution in [2.45, 2.75) is 61.6 Å². The van der Waals surface area contributed by atoms with Crippen LogP contribution in [0.3, 0.4) is 0 Å². The predicted molar refractivity (Wildman–Crippen MR) is 312 cm³/mol. The van der Waals surface area contributed by atoms with Gasteiger partial charge in [-0.1, -0.05) is 17.7 Å². The summed E-state index contributed by atoms with van der Waals surface area (Å²) < 4.78 is 144. The molecule has 83 heavy (non-hydrogen) atoms. The molecule has 5 aromatic carbocycles. The van der Waals surface area contributed by atoms with Gasteiger partial charge in [0.15, 0.2) is 11.3 Å². The number of methoxy groups -OCH3 is 1. The molecule has 0 saturated heterocycles. The Morgan fingerprint density at radius 3 is 1.65 bits per heavy atom. The van der Waals surface area contributed by atoms with Gasteiger partial charge in [0, 0.05) is 32.5 Å². The lowest BCUT2D eigenvalue weighted by molar-refractivity contribution is 0.317. The normalized spacial score (nSPS) is 12.7. The molecule has 0 aliphatic heterocycles. The van der Waals surface area contributed by atoms with Crippen LogP contribution in [-0.4, -0.2) is 109 Å². The fourth-order valence-corrected chi connectivity index (χ4v) is 12.4. The van der Waals surface area contributed by atoms with Gasteiger partial charge in [-0.05, 0) is 130 Å². The topological polar surface area (TPSA) is 396 Å². The zero-order valence-corrected chi connectivity index (χ0v) is 50.0. The standard InChI is InChI=1S/C50H50ClN11O15S6/c1-28-18-39(58-61-48-31(4)34(27-52)49-53-38-23-44(76-5)47(83(73,74)75)26-42(38)62(49)50(48)63)43(77-12-7-15-80(64,65)66)22-35(28)56-59-40-20-30(3)37(25-46(40)79-14-9-17-82(70,71)72)57-60-41-19-29(2)36(55-54-33-11-6-10-32(51)21-33)24-45(41)78-13-8-16-81(67,68)69/h6,10-11,18-26,63H,7-9,12-17H2,1-5H3,(H,64,65,66)(H,67,68,69)(H,70,71,72)(H,73,74,75). The Labute approximate surface area is 489 Å². The largest absolute Gasteiger partial charge is 0.495 e. The number of hydrogen-bond donors (Lipinski definition) is 5. The zero-order valence-electron chi connectivity index (χ0n) is 44.4. The van der Waals surface area contributed by atoms with Crippen molar-refractivity contribution in [3.63, 3.8) is 0 Å². The number of aromatic nitrogens is 2.